The molecule has 0 saturated heterocycles. The first-order valence-corrected chi connectivity index (χ1v) is 14.6. The fourth-order valence-corrected chi connectivity index (χ4v) is 6.89. The molecule has 41 heavy (non-hydrogen) atoms. The Morgan fingerprint density at radius 2 is 1.46 bits per heavy atom. The molecule has 4 heterocycles. The molecule has 8 rings (SSSR count). The molecule has 4 aromatic carbocycles. The van der Waals surface area contributed by atoms with Crippen molar-refractivity contribution < 1.29 is 4.74 Å². The smallest absolute Gasteiger partial charge is 0.137 e. The van der Waals surface area contributed by atoms with Crippen LogP contribution in [-0.2, 0) is 5.41 Å². The molecule has 4 nitrogen and oxygen atoms in total. The topological polar surface area (TPSA) is 39.9 Å². The van der Waals surface area contributed by atoms with Gasteiger partial charge in [-0.25, -0.2) is 4.98 Å². The number of fused-ring (bicyclic) bond motifs is 8. The molecule has 0 atom stereocenters. The van der Waals surface area contributed by atoms with Gasteiger partial charge in [0, 0.05) is 54.8 Å². The summed E-state index contributed by atoms with van der Waals surface area (Å²) in [5, 5.41) is 5.90. The molecule has 8 aromatic rings. The predicted octanol–water partition coefficient (Wildman–Crippen LogP) is 10.2. The number of aromatic nitrogens is 3. The fourth-order valence-electron chi connectivity index (χ4n) is 5.80. The maximum absolute atomic E-state index is 6.53. The molecule has 0 aliphatic rings. The molecule has 0 unspecified atom stereocenters. The van der Waals surface area contributed by atoms with E-state index in [0.29, 0.717) is 0 Å². The summed E-state index contributed by atoms with van der Waals surface area (Å²) in [5.41, 5.74) is 4.52. The number of ether oxygens (including phenoxy) is 1. The number of hydrogen-bond acceptors (Lipinski definition) is 4. The Hall–Kier alpha value is -4.74. The molecule has 198 valence electrons. The highest BCUT2D eigenvalue weighted by Gasteiger charge is 2.18. The minimum Gasteiger partial charge on any atom is -0.457 e. The van der Waals surface area contributed by atoms with E-state index in [0.717, 1.165) is 33.9 Å². The van der Waals surface area contributed by atoms with Gasteiger partial charge in [0.05, 0.1) is 16.6 Å². The van der Waals surface area contributed by atoms with Gasteiger partial charge in [-0.1, -0.05) is 51.1 Å². The zero-order chi connectivity index (χ0) is 27.7. The summed E-state index contributed by atoms with van der Waals surface area (Å²) in [7, 11) is 0. The van der Waals surface area contributed by atoms with E-state index < -0.39 is 0 Å². The van der Waals surface area contributed by atoms with E-state index in [1.807, 2.05) is 30.6 Å². The fraction of sp³-hybridized carbons (Fsp3) is 0.111. The molecule has 0 N–H and O–H groups in total. The molecule has 0 spiro atoms. The highest BCUT2D eigenvalue weighted by atomic mass is 32.1. The van der Waals surface area contributed by atoms with Gasteiger partial charge in [-0.3, -0.25) is 9.55 Å². The highest BCUT2D eigenvalue weighted by Crippen LogP contribution is 2.41. The Kier molecular flexibility index (Phi) is 5.22. The minimum atomic E-state index is 0.0528. The zero-order valence-electron chi connectivity index (χ0n) is 23.1. The van der Waals surface area contributed by atoms with E-state index in [1.54, 1.807) is 11.3 Å². The monoisotopic (exact) mass is 549 g/mol. The summed E-state index contributed by atoms with van der Waals surface area (Å²) < 4.78 is 11.2. The normalized spacial score (nSPS) is 12.3. The van der Waals surface area contributed by atoms with Crippen molar-refractivity contribution in [3.05, 3.63) is 115 Å². The third kappa shape index (κ3) is 3.88. The molecule has 0 amide bonds. The number of hydrogen-bond donors (Lipinski definition) is 0. The molecular weight excluding hydrogens is 522 g/mol. The van der Waals surface area contributed by atoms with Crippen molar-refractivity contribution in [2.45, 2.75) is 26.2 Å². The van der Waals surface area contributed by atoms with Gasteiger partial charge in [0.2, 0.25) is 0 Å². The predicted molar refractivity (Wildman–Crippen MR) is 172 cm³/mol. The van der Waals surface area contributed by atoms with Crippen LogP contribution in [0.5, 0.6) is 11.5 Å². The average molecular weight is 550 g/mol. The van der Waals surface area contributed by atoms with Crippen LogP contribution < -0.4 is 4.74 Å². The average Bonchev–Trinajstić information content (AvgIpc) is 3.52. The van der Waals surface area contributed by atoms with Crippen LogP contribution in [0.25, 0.3) is 58.7 Å². The van der Waals surface area contributed by atoms with E-state index in [-0.39, 0.29) is 5.41 Å². The van der Waals surface area contributed by atoms with Crippen LogP contribution in [0.4, 0.5) is 0 Å². The second-order valence-corrected chi connectivity index (χ2v) is 12.6. The number of para-hydroxylation sites is 1. The van der Waals surface area contributed by atoms with Gasteiger partial charge >= 0.3 is 0 Å². The summed E-state index contributed by atoms with van der Waals surface area (Å²) in [4.78, 5) is 9.62. The molecule has 0 fully saturated rings. The number of pyridine rings is 2. The Morgan fingerprint density at radius 3 is 2.32 bits per heavy atom. The standard InChI is InChI=1S/C36H27N3OS/c1-36(2,3)23-18-22-11-15-32-34(35(22)38-21-23)28-19-24(13-16-31(28)41-32)40-25-12-14-27-26-8-4-5-9-29(26)39(30(27)20-25)33-10-6-7-17-37-33/h4-21H,1-3H3. The first-order chi connectivity index (χ1) is 19.9. The molecule has 5 heteroatoms. The van der Waals surface area contributed by atoms with Gasteiger partial charge in [-0.2, -0.15) is 0 Å². The van der Waals surface area contributed by atoms with Gasteiger partial charge < -0.3 is 4.74 Å². The van der Waals surface area contributed by atoms with Gasteiger partial charge in [-0.05, 0) is 71.6 Å². The van der Waals surface area contributed by atoms with E-state index in [2.05, 4.69) is 109 Å². The first-order valence-electron chi connectivity index (χ1n) is 13.8. The number of rotatable bonds is 3. The third-order valence-corrected chi connectivity index (χ3v) is 9.02. The summed E-state index contributed by atoms with van der Waals surface area (Å²) in [5.74, 6) is 2.48. The summed E-state index contributed by atoms with van der Waals surface area (Å²) in [6, 6.07) is 33.9. The van der Waals surface area contributed by atoms with Crippen molar-refractivity contribution in [2.24, 2.45) is 0 Å². The van der Waals surface area contributed by atoms with Crippen LogP contribution in [0.1, 0.15) is 26.3 Å². The quantitative estimate of drug-likeness (QED) is 0.220. The second-order valence-electron chi connectivity index (χ2n) is 11.6. The number of thiophene rings is 1. The molecular formula is C36H27N3OS. The molecule has 0 aliphatic heterocycles. The van der Waals surface area contributed by atoms with E-state index in [9.17, 15) is 0 Å². The molecule has 0 bridgehead atoms. The molecule has 0 saturated carbocycles. The highest BCUT2D eigenvalue weighted by molar-refractivity contribution is 7.26. The largest absolute Gasteiger partial charge is 0.457 e. The van der Waals surface area contributed by atoms with Crippen LogP contribution in [-0.4, -0.2) is 14.5 Å². The third-order valence-electron chi connectivity index (χ3n) is 7.88. The zero-order valence-corrected chi connectivity index (χ0v) is 23.9. The SMILES string of the molecule is CC(C)(C)c1cnc2c(ccc3sc4ccc(Oc5ccc6c7ccccc7n(-c7ccccn7)c6c5)cc4c32)c1. The summed E-state index contributed by atoms with van der Waals surface area (Å²) in [6.45, 7) is 6.68. The van der Waals surface area contributed by atoms with Crippen molar-refractivity contribution in [1.29, 1.82) is 0 Å². The number of benzene rings is 4. The molecule has 4 aromatic heterocycles. The lowest BCUT2D eigenvalue weighted by atomic mass is 9.87. The Labute approximate surface area is 241 Å². The van der Waals surface area contributed by atoms with Crippen LogP contribution >= 0.6 is 11.3 Å². The first kappa shape index (κ1) is 24.1. The maximum Gasteiger partial charge on any atom is 0.137 e. The van der Waals surface area contributed by atoms with Crippen LogP contribution in [0, 0.1) is 0 Å². The van der Waals surface area contributed by atoms with E-state index in [1.165, 1.54) is 41.9 Å². The maximum atomic E-state index is 6.53. The molecule has 0 radical (unpaired) electrons. The second kappa shape index (κ2) is 8.88. The van der Waals surface area contributed by atoms with Gasteiger partial charge in [-0.15, -0.1) is 11.3 Å². The van der Waals surface area contributed by atoms with Crippen LogP contribution in [0.3, 0.4) is 0 Å². The van der Waals surface area contributed by atoms with E-state index in [4.69, 9.17) is 9.72 Å². The van der Waals surface area contributed by atoms with Gasteiger partial charge in [0.25, 0.3) is 0 Å². The number of nitrogens with zero attached hydrogens (tertiary/aromatic N) is 3. The van der Waals surface area contributed by atoms with Crippen molar-refractivity contribution >= 4 is 64.2 Å². The van der Waals surface area contributed by atoms with E-state index >= 15 is 0 Å². The summed E-state index contributed by atoms with van der Waals surface area (Å²) in [6.07, 6.45) is 3.86. The van der Waals surface area contributed by atoms with Gasteiger partial charge in [0.15, 0.2) is 0 Å². The Balaban J connectivity index is 1.26. The lowest BCUT2D eigenvalue weighted by Gasteiger charge is -2.18. The molecule has 0 aliphatic carbocycles. The van der Waals surface area contributed by atoms with Crippen molar-refractivity contribution in [3.63, 3.8) is 0 Å². The van der Waals surface area contributed by atoms with Crippen LogP contribution in [0.15, 0.2) is 109 Å². The Morgan fingerprint density at radius 1 is 0.683 bits per heavy atom. The van der Waals surface area contributed by atoms with Crippen LogP contribution in [0.2, 0.25) is 0 Å². The lowest BCUT2D eigenvalue weighted by molar-refractivity contribution is 0.484. The summed E-state index contributed by atoms with van der Waals surface area (Å²) >= 11 is 1.80. The van der Waals surface area contributed by atoms with Crippen molar-refractivity contribution in [1.82, 2.24) is 14.5 Å². The van der Waals surface area contributed by atoms with Crippen molar-refractivity contribution in [2.75, 3.05) is 0 Å². The minimum absolute atomic E-state index is 0.0528. The lowest BCUT2D eigenvalue weighted by Crippen LogP contribution is -2.11. The van der Waals surface area contributed by atoms with Crippen molar-refractivity contribution in [3.8, 4) is 17.3 Å². The Bertz CT molecular complexity index is 2270. The van der Waals surface area contributed by atoms with Gasteiger partial charge in [0.1, 0.15) is 17.3 Å².